The van der Waals surface area contributed by atoms with E-state index in [1.807, 2.05) is 57.3 Å². The summed E-state index contributed by atoms with van der Waals surface area (Å²) in [5, 5.41) is 10.6. The van der Waals surface area contributed by atoms with Gasteiger partial charge in [0.15, 0.2) is 6.73 Å². The average Bonchev–Trinajstić information content (AvgIpc) is 3.11. The van der Waals surface area contributed by atoms with Gasteiger partial charge in [0.05, 0.1) is 16.9 Å². The normalized spacial score (nSPS) is 11.4. The van der Waals surface area contributed by atoms with Crippen molar-refractivity contribution in [2.24, 2.45) is 5.41 Å². The number of thiazole rings is 1. The molecule has 0 aliphatic carbocycles. The highest BCUT2D eigenvalue weighted by atomic mass is 32.1. The molecule has 0 fully saturated rings. The van der Waals surface area contributed by atoms with Gasteiger partial charge in [-0.1, -0.05) is 49.8 Å². The number of rotatable bonds is 12. The van der Waals surface area contributed by atoms with E-state index in [-0.39, 0.29) is 23.5 Å². The fourth-order valence-corrected chi connectivity index (χ4v) is 4.59. The lowest BCUT2D eigenvalue weighted by Crippen LogP contribution is -2.28. The number of benzene rings is 1. The van der Waals surface area contributed by atoms with Gasteiger partial charge in [-0.3, -0.25) is 14.6 Å². The predicted molar refractivity (Wildman–Crippen MR) is 137 cm³/mol. The van der Waals surface area contributed by atoms with E-state index in [4.69, 9.17) is 9.47 Å². The smallest absolute Gasteiger partial charge is 0.313 e. The minimum Gasteiger partial charge on any atom is -0.494 e. The quantitative estimate of drug-likeness (QED) is 0.349. The van der Waals surface area contributed by atoms with E-state index in [1.165, 1.54) is 5.56 Å². The predicted octanol–water partition coefficient (Wildman–Crippen LogP) is 5.11. The van der Waals surface area contributed by atoms with Gasteiger partial charge in [0, 0.05) is 24.7 Å². The highest BCUT2D eigenvalue weighted by Crippen LogP contribution is 2.27. The van der Waals surface area contributed by atoms with Crippen molar-refractivity contribution in [3.8, 4) is 11.6 Å². The van der Waals surface area contributed by atoms with Crippen molar-refractivity contribution >= 4 is 17.3 Å². The largest absolute Gasteiger partial charge is 0.494 e. The summed E-state index contributed by atoms with van der Waals surface area (Å²) in [6.07, 6.45) is 5.52. The molecule has 0 radical (unpaired) electrons. The van der Waals surface area contributed by atoms with Gasteiger partial charge < -0.3 is 14.6 Å². The van der Waals surface area contributed by atoms with Gasteiger partial charge in [-0.25, -0.2) is 4.57 Å². The number of esters is 1. The first-order valence-corrected chi connectivity index (χ1v) is 12.8. The van der Waals surface area contributed by atoms with Crippen molar-refractivity contribution < 1.29 is 19.4 Å². The van der Waals surface area contributed by atoms with Crippen molar-refractivity contribution in [1.82, 2.24) is 9.55 Å². The van der Waals surface area contributed by atoms with E-state index in [0.717, 1.165) is 52.2 Å². The summed E-state index contributed by atoms with van der Waals surface area (Å²) < 4.78 is 12.2. The van der Waals surface area contributed by atoms with E-state index < -0.39 is 5.41 Å². The van der Waals surface area contributed by atoms with Gasteiger partial charge in [-0.05, 0) is 56.0 Å². The molecule has 35 heavy (non-hydrogen) atoms. The van der Waals surface area contributed by atoms with Crippen LogP contribution >= 0.6 is 11.3 Å². The SMILES string of the molecule is CCCC(C)(C)C(=O)OCn1c(O)c(Cc2ccc(OCCc3ccc(CC)cn3)cc2)sc1=O. The van der Waals surface area contributed by atoms with Crippen LogP contribution in [0.25, 0.3) is 0 Å². The topological polar surface area (TPSA) is 90.7 Å². The molecule has 0 aliphatic rings. The number of hydrogen-bond acceptors (Lipinski definition) is 7. The highest BCUT2D eigenvalue weighted by Gasteiger charge is 2.28. The molecule has 188 valence electrons. The summed E-state index contributed by atoms with van der Waals surface area (Å²) in [6.45, 7) is 7.96. The van der Waals surface area contributed by atoms with Gasteiger partial charge in [0.25, 0.3) is 0 Å². The van der Waals surface area contributed by atoms with Gasteiger partial charge in [0.1, 0.15) is 5.75 Å². The first-order chi connectivity index (χ1) is 16.7. The van der Waals surface area contributed by atoms with Gasteiger partial charge in [-0.2, -0.15) is 0 Å². The Morgan fingerprint density at radius 2 is 1.83 bits per heavy atom. The molecular weight excluding hydrogens is 464 g/mol. The maximum atomic E-state index is 12.4. The molecule has 0 unspecified atom stereocenters. The van der Waals surface area contributed by atoms with E-state index in [9.17, 15) is 14.7 Å². The molecule has 0 aliphatic heterocycles. The molecule has 0 amide bonds. The first-order valence-electron chi connectivity index (χ1n) is 12.0. The summed E-state index contributed by atoms with van der Waals surface area (Å²) >= 11 is 0.951. The third kappa shape index (κ3) is 7.18. The van der Waals surface area contributed by atoms with E-state index in [0.29, 0.717) is 24.3 Å². The molecule has 0 saturated carbocycles. The fraction of sp³-hybridized carbons (Fsp3) is 0.444. The Labute approximate surface area is 210 Å². The molecule has 8 heteroatoms. The molecule has 1 aromatic carbocycles. The number of carbonyl (C=O) groups is 1. The second kappa shape index (κ2) is 12.0. The zero-order valence-corrected chi connectivity index (χ0v) is 21.7. The molecular formula is C27H34N2O5S. The van der Waals surface area contributed by atoms with Crippen molar-refractivity contribution in [2.75, 3.05) is 6.61 Å². The summed E-state index contributed by atoms with van der Waals surface area (Å²) in [5.41, 5.74) is 2.51. The number of aromatic nitrogens is 2. The third-order valence-corrected chi connectivity index (χ3v) is 6.87. The number of pyridine rings is 1. The van der Waals surface area contributed by atoms with Crippen molar-refractivity contribution in [1.29, 1.82) is 0 Å². The minimum atomic E-state index is -0.632. The molecule has 2 aromatic heterocycles. The summed E-state index contributed by atoms with van der Waals surface area (Å²) in [5.74, 6) is 0.196. The average molecular weight is 499 g/mol. The van der Waals surface area contributed by atoms with Gasteiger partial charge in [-0.15, -0.1) is 0 Å². The van der Waals surface area contributed by atoms with Crippen LogP contribution in [0.5, 0.6) is 11.6 Å². The molecule has 2 heterocycles. The Hall–Kier alpha value is -3.13. The molecule has 0 spiro atoms. The van der Waals surface area contributed by atoms with E-state index >= 15 is 0 Å². The fourth-order valence-electron chi connectivity index (χ4n) is 3.69. The zero-order valence-electron chi connectivity index (χ0n) is 20.9. The summed E-state index contributed by atoms with van der Waals surface area (Å²) in [7, 11) is 0. The van der Waals surface area contributed by atoms with Crippen molar-refractivity contribution in [2.45, 2.75) is 66.5 Å². The lowest BCUT2D eigenvalue weighted by molar-refractivity contribution is -0.158. The van der Waals surface area contributed by atoms with Crippen LogP contribution in [-0.2, 0) is 35.5 Å². The van der Waals surface area contributed by atoms with Crippen molar-refractivity contribution in [3.63, 3.8) is 0 Å². The number of aryl methyl sites for hydroxylation is 1. The van der Waals surface area contributed by atoms with Crippen LogP contribution in [0.4, 0.5) is 0 Å². The Morgan fingerprint density at radius 3 is 2.46 bits per heavy atom. The number of carbonyl (C=O) groups excluding carboxylic acids is 1. The van der Waals surface area contributed by atoms with Crippen LogP contribution in [0.1, 0.15) is 62.2 Å². The molecule has 0 saturated heterocycles. The van der Waals surface area contributed by atoms with Crippen LogP contribution in [-0.4, -0.2) is 27.2 Å². The standard InChI is InChI=1S/C27H34N2O5S/c1-5-14-27(3,4)25(31)34-18-29-24(30)23(35-26(29)32)16-20-8-11-22(12-9-20)33-15-13-21-10-7-19(6-2)17-28-21/h7-12,17,30H,5-6,13-16,18H2,1-4H3. The molecule has 0 atom stereocenters. The zero-order chi connectivity index (χ0) is 25.4. The van der Waals surface area contributed by atoms with Crippen LogP contribution in [0.15, 0.2) is 47.4 Å². The Bertz CT molecular complexity index is 1160. The number of hydrogen-bond donors (Lipinski definition) is 1. The van der Waals surface area contributed by atoms with Crippen LogP contribution in [0, 0.1) is 5.41 Å². The maximum absolute atomic E-state index is 12.4. The minimum absolute atomic E-state index is 0.164. The lowest BCUT2D eigenvalue weighted by atomic mass is 9.88. The third-order valence-electron chi connectivity index (χ3n) is 5.90. The monoisotopic (exact) mass is 498 g/mol. The number of nitrogens with zero attached hydrogens (tertiary/aromatic N) is 2. The highest BCUT2D eigenvalue weighted by molar-refractivity contribution is 7.09. The Balaban J connectivity index is 1.54. The van der Waals surface area contributed by atoms with E-state index in [2.05, 4.69) is 18.0 Å². The lowest BCUT2D eigenvalue weighted by Gasteiger charge is -2.21. The van der Waals surface area contributed by atoms with E-state index in [1.54, 1.807) is 0 Å². The second-order valence-electron chi connectivity index (χ2n) is 9.17. The molecule has 3 rings (SSSR count). The summed E-state index contributed by atoms with van der Waals surface area (Å²) in [6, 6.07) is 11.7. The van der Waals surface area contributed by atoms with Crippen LogP contribution in [0.2, 0.25) is 0 Å². The second-order valence-corrected chi connectivity index (χ2v) is 10.2. The maximum Gasteiger partial charge on any atom is 0.313 e. The number of aromatic hydroxyl groups is 1. The summed E-state index contributed by atoms with van der Waals surface area (Å²) in [4.78, 5) is 29.3. The Morgan fingerprint density at radius 1 is 1.11 bits per heavy atom. The van der Waals surface area contributed by atoms with Crippen LogP contribution in [0.3, 0.4) is 0 Å². The first kappa shape index (κ1) is 26.5. The molecule has 1 N–H and O–H groups in total. The Kier molecular flexibility index (Phi) is 9.09. The number of ether oxygens (including phenoxy) is 2. The molecule has 0 bridgehead atoms. The molecule has 7 nitrogen and oxygen atoms in total. The van der Waals surface area contributed by atoms with Gasteiger partial charge >= 0.3 is 10.8 Å². The molecule has 3 aromatic rings. The van der Waals surface area contributed by atoms with Crippen LogP contribution < -0.4 is 9.61 Å². The van der Waals surface area contributed by atoms with Crippen molar-refractivity contribution in [3.05, 3.63) is 74.0 Å². The van der Waals surface area contributed by atoms with Gasteiger partial charge in [0.2, 0.25) is 5.88 Å².